The van der Waals surface area contributed by atoms with Crippen LogP contribution in [0.25, 0.3) is 0 Å². The number of hydrogen-bond acceptors (Lipinski definition) is 6. The van der Waals surface area contributed by atoms with E-state index in [0.29, 0.717) is 41.4 Å². The third kappa shape index (κ3) is 5.09. The second-order valence-electron chi connectivity index (χ2n) is 7.11. The molecule has 0 fully saturated rings. The van der Waals surface area contributed by atoms with Crippen LogP contribution in [0.1, 0.15) is 31.8 Å². The van der Waals surface area contributed by atoms with Gasteiger partial charge in [0, 0.05) is 17.2 Å². The van der Waals surface area contributed by atoms with Crippen LogP contribution in [0.2, 0.25) is 0 Å². The maximum atomic E-state index is 13.1. The lowest BCUT2D eigenvalue weighted by molar-refractivity contribution is 0.0816. The fourth-order valence-electron chi connectivity index (χ4n) is 3.47. The number of methoxy groups -OCH3 is 4. The van der Waals surface area contributed by atoms with Crippen LogP contribution in [0.4, 0.5) is 0 Å². The van der Waals surface area contributed by atoms with E-state index >= 15 is 0 Å². The molecular weight excluding hydrogens is 408 g/mol. The number of hydrogen-bond donors (Lipinski definition) is 0. The van der Waals surface area contributed by atoms with E-state index in [1.54, 1.807) is 32.4 Å². The van der Waals surface area contributed by atoms with Gasteiger partial charge in [-0.2, -0.15) is 0 Å². The van der Waals surface area contributed by atoms with Crippen molar-refractivity contribution in [2.75, 3.05) is 28.4 Å². The van der Waals surface area contributed by atoms with Crippen LogP contribution >= 0.6 is 0 Å². The highest BCUT2D eigenvalue weighted by atomic mass is 16.5. The number of Topliss-reactive ketones (excluding diaryl/α,β-unsaturated/α-hetero) is 2. The van der Waals surface area contributed by atoms with Gasteiger partial charge in [-0.1, -0.05) is 30.3 Å². The van der Waals surface area contributed by atoms with Crippen molar-refractivity contribution in [1.82, 2.24) is 0 Å². The summed E-state index contributed by atoms with van der Waals surface area (Å²) in [6.45, 7) is 0. The Kier molecular flexibility index (Phi) is 7.49. The Hall–Kier alpha value is -3.80. The van der Waals surface area contributed by atoms with Crippen molar-refractivity contribution in [3.63, 3.8) is 0 Å². The topological polar surface area (TPSA) is 71.1 Å². The van der Waals surface area contributed by atoms with Gasteiger partial charge in [0.25, 0.3) is 0 Å². The molecule has 0 saturated heterocycles. The Morgan fingerprint density at radius 1 is 0.656 bits per heavy atom. The van der Waals surface area contributed by atoms with Gasteiger partial charge in [0.05, 0.1) is 28.4 Å². The summed E-state index contributed by atoms with van der Waals surface area (Å²) in [5.74, 6) is 1.02. The van der Waals surface area contributed by atoms with Crippen molar-refractivity contribution in [2.45, 2.75) is 12.8 Å². The molecule has 0 aliphatic rings. The molecule has 3 rings (SSSR count). The minimum Gasteiger partial charge on any atom is -0.497 e. The van der Waals surface area contributed by atoms with Gasteiger partial charge in [-0.25, -0.2) is 0 Å². The van der Waals surface area contributed by atoms with Crippen molar-refractivity contribution in [1.29, 1.82) is 0 Å². The summed E-state index contributed by atoms with van der Waals surface area (Å²) in [5.41, 5.74) is 2.45. The normalized spacial score (nSPS) is 10.4. The summed E-state index contributed by atoms with van der Waals surface area (Å²) in [6, 6.07) is 17.6. The lowest BCUT2D eigenvalue weighted by atomic mass is 9.94. The lowest BCUT2D eigenvalue weighted by Crippen LogP contribution is -2.17. The van der Waals surface area contributed by atoms with Crippen LogP contribution in [-0.4, -0.2) is 40.0 Å². The molecular formula is C26H26O6. The maximum Gasteiger partial charge on any atom is 0.233 e. The summed E-state index contributed by atoms with van der Waals surface area (Å²) in [5, 5.41) is 0. The number of carbonyl (C=O) groups excluding carboxylic acids is 2. The molecule has 0 radical (unpaired) electrons. The minimum atomic E-state index is -0.610. The summed E-state index contributed by atoms with van der Waals surface area (Å²) in [4.78, 5) is 26.1. The number of rotatable bonds is 10. The number of carbonyl (C=O) groups is 2. The zero-order valence-corrected chi connectivity index (χ0v) is 18.6. The molecule has 0 saturated carbocycles. The van der Waals surface area contributed by atoms with E-state index in [2.05, 4.69) is 0 Å². The quantitative estimate of drug-likeness (QED) is 0.344. The highest BCUT2D eigenvalue weighted by molar-refractivity contribution is 6.49. The van der Waals surface area contributed by atoms with Crippen LogP contribution < -0.4 is 18.9 Å². The first-order valence-electron chi connectivity index (χ1n) is 10.1. The van der Waals surface area contributed by atoms with Gasteiger partial charge in [0.2, 0.25) is 11.6 Å². The Balaban J connectivity index is 1.83. The number of ether oxygens (including phenoxy) is 4. The van der Waals surface area contributed by atoms with E-state index in [-0.39, 0.29) is 5.56 Å². The Morgan fingerprint density at radius 2 is 1.31 bits per heavy atom. The number of benzene rings is 3. The smallest absolute Gasteiger partial charge is 0.233 e. The van der Waals surface area contributed by atoms with Gasteiger partial charge in [-0.3, -0.25) is 9.59 Å². The fraction of sp³-hybridized carbons (Fsp3) is 0.231. The molecule has 0 aromatic heterocycles. The molecule has 0 spiro atoms. The SMILES string of the molecule is COc1cc(OC)cc(C(=O)C(=O)c2ccccc2CCc2ccc(OC)c(OC)c2)c1. The zero-order valence-electron chi connectivity index (χ0n) is 18.6. The summed E-state index contributed by atoms with van der Waals surface area (Å²) < 4.78 is 21.1. The van der Waals surface area contributed by atoms with Crippen LogP contribution in [0.3, 0.4) is 0 Å². The summed E-state index contributed by atoms with van der Waals surface area (Å²) in [7, 11) is 6.17. The van der Waals surface area contributed by atoms with E-state index < -0.39 is 11.6 Å². The van der Waals surface area contributed by atoms with Crippen molar-refractivity contribution in [3.05, 3.63) is 82.9 Å². The average molecular weight is 434 g/mol. The molecule has 0 amide bonds. The average Bonchev–Trinajstić information content (AvgIpc) is 2.86. The molecule has 0 atom stereocenters. The van der Waals surface area contributed by atoms with Gasteiger partial charge < -0.3 is 18.9 Å². The van der Waals surface area contributed by atoms with Crippen LogP contribution in [0.5, 0.6) is 23.0 Å². The first kappa shape index (κ1) is 22.9. The molecule has 0 aliphatic heterocycles. The monoisotopic (exact) mass is 434 g/mol. The molecule has 0 N–H and O–H groups in total. The number of aryl methyl sites for hydroxylation is 2. The van der Waals surface area contributed by atoms with Crippen molar-refractivity contribution in [2.24, 2.45) is 0 Å². The first-order valence-corrected chi connectivity index (χ1v) is 10.1. The predicted molar refractivity (Wildman–Crippen MR) is 122 cm³/mol. The largest absolute Gasteiger partial charge is 0.497 e. The molecule has 32 heavy (non-hydrogen) atoms. The van der Waals surface area contributed by atoms with Gasteiger partial charge >= 0.3 is 0 Å². The minimum absolute atomic E-state index is 0.223. The van der Waals surface area contributed by atoms with Gasteiger partial charge in [0.1, 0.15) is 11.5 Å². The first-order chi connectivity index (χ1) is 15.5. The molecule has 3 aromatic carbocycles. The van der Waals surface area contributed by atoms with E-state index in [1.807, 2.05) is 30.3 Å². The van der Waals surface area contributed by atoms with Crippen molar-refractivity contribution >= 4 is 11.6 Å². The molecule has 166 valence electrons. The molecule has 0 bridgehead atoms. The lowest BCUT2D eigenvalue weighted by Gasteiger charge is -2.12. The van der Waals surface area contributed by atoms with Gasteiger partial charge in [-0.05, 0) is 48.2 Å². The Morgan fingerprint density at radius 3 is 1.94 bits per heavy atom. The van der Waals surface area contributed by atoms with E-state index in [0.717, 1.165) is 11.1 Å². The van der Waals surface area contributed by atoms with Crippen LogP contribution in [-0.2, 0) is 12.8 Å². The third-order valence-electron chi connectivity index (χ3n) is 5.21. The zero-order chi connectivity index (χ0) is 23.1. The van der Waals surface area contributed by atoms with Crippen LogP contribution in [0, 0.1) is 0 Å². The standard InChI is InChI=1S/C26H26O6/c1-29-20-14-19(15-21(16-20)30-2)25(27)26(28)22-8-6-5-7-18(22)11-9-17-10-12-23(31-3)24(13-17)32-4/h5-8,10,12-16H,9,11H2,1-4H3. The third-order valence-corrected chi connectivity index (χ3v) is 5.21. The summed E-state index contributed by atoms with van der Waals surface area (Å²) in [6.07, 6.45) is 1.26. The van der Waals surface area contributed by atoms with Gasteiger partial charge in [0.15, 0.2) is 11.5 Å². The van der Waals surface area contributed by atoms with E-state index in [9.17, 15) is 9.59 Å². The predicted octanol–water partition coefficient (Wildman–Crippen LogP) is 4.57. The molecule has 0 aliphatic carbocycles. The van der Waals surface area contributed by atoms with Crippen LogP contribution in [0.15, 0.2) is 60.7 Å². The highest BCUT2D eigenvalue weighted by Gasteiger charge is 2.22. The molecule has 0 heterocycles. The summed E-state index contributed by atoms with van der Waals surface area (Å²) >= 11 is 0. The Labute approximate surface area is 187 Å². The highest BCUT2D eigenvalue weighted by Crippen LogP contribution is 2.28. The van der Waals surface area contributed by atoms with E-state index in [1.165, 1.54) is 26.4 Å². The molecule has 0 unspecified atom stereocenters. The Bertz CT molecular complexity index is 1100. The van der Waals surface area contributed by atoms with E-state index in [4.69, 9.17) is 18.9 Å². The van der Waals surface area contributed by atoms with Crippen molar-refractivity contribution in [3.8, 4) is 23.0 Å². The fourth-order valence-corrected chi connectivity index (χ4v) is 3.47. The second kappa shape index (κ2) is 10.5. The molecule has 3 aromatic rings. The van der Waals surface area contributed by atoms with Gasteiger partial charge in [-0.15, -0.1) is 0 Å². The molecule has 6 heteroatoms. The number of ketones is 2. The maximum absolute atomic E-state index is 13.1. The van der Waals surface area contributed by atoms with Crippen molar-refractivity contribution < 1.29 is 28.5 Å². The molecule has 6 nitrogen and oxygen atoms in total. The second-order valence-corrected chi connectivity index (χ2v) is 7.11.